The predicted molar refractivity (Wildman–Crippen MR) is 122 cm³/mol. The van der Waals surface area contributed by atoms with E-state index in [1.165, 1.54) is 0 Å². The maximum absolute atomic E-state index is 13.4. The minimum atomic E-state index is -0.0374. The van der Waals surface area contributed by atoms with Gasteiger partial charge in [0.05, 0.1) is 18.5 Å². The van der Waals surface area contributed by atoms with Crippen molar-refractivity contribution in [3.8, 4) is 16.5 Å². The molecular formula is C21H20N4O2S3. The topological polar surface area (TPSA) is 63.1 Å². The van der Waals surface area contributed by atoms with E-state index in [2.05, 4.69) is 10.2 Å². The molecule has 3 aromatic heterocycles. The normalized spacial score (nSPS) is 10.8. The van der Waals surface area contributed by atoms with E-state index in [-0.39, 0.29) is 12.5 Å². The van der Waals surface area contributed by atoms with Crippen molar-refractivity contribution >= 4 is 40.8 Å². The number of aromatic nitrogens is 3. The summed E-state index contributed by atoms with van der Waals surface area (Å²) in [6, 6.07) is 15.7. The van der Waals surface area contributed by atoms with E-state index in [0.29, 0.717) is 23.7 Å². The number of carbonyl (C=O) groups excluding carboxylic acids is 1. The molecule has 0 unspecified atom stereocenters. The fourth-order valence-electron chi connectivity index (χ4n) is 3.16. The lowest BCUT2D eigenvalue weighted by molar-refractivity contribution is -0.133. The van der Waals surface area contributed by atoms with Crippen LogP contribution in [-0.2, 0) is 24.4 Å². The summed E-state index contributed by atoms with van der Waals surface area (Å²) in [6.07, 6.45) is 0. The number of ether oxygens (including phenoxy) is 1. The third-order valence-electron chi connectivity index (χ3n) is 4.63. The molecule has 0 spiro atoms. The van der Waals surface area contributed by atoms with E-state index in [4.69, 9.17) is 17.0 Å². The Labute approximate surface area is 187 Å². The fourth-order valence-corrected chi connectivity index (χ4v) is 4.79. The second-order valence-corrected chi connectivity index (χ2v) is 8.92. The molecule has 0 saturated carbocycles. The van der Waals surface area contributed by atoms with Gasteiger partial charge in [0.2, 0.25) is 5.91 Å². The van der Waals surface area contributed by atoms with Crippen molar-refractivity contribution in [3.05, 3.63) is 74.5 Å². The SMILES string of the molecule is COc1ccccc1CN(Cc1cccs1)C(=O)Cn1c(-c2cccs2)n[nH]c1=S. The number of rotatable bonds is 8. The maximum Gasteiger partial charge on any atom is 0.243 e. The zero-order chi connectivity index (χ0) is 20.9. The van der Waals surface area contributed by atoms with Gasteiger partial charge in [0.1, 0.15) is 12.3 Å². The highest BCUT2D eigenvalue weighted by Crippen LogP contribution is 2.24. The van der Waals surface area contributed by atoms with Gasteiger partial charge in [-0.25, -0.2) is 0 Å². The average Bonchev–Trinajstić information content (AvgIpc) is 3.51. The number of hydrogen-bond acceptors (Lipinski definition) is 6. The molecule has 154 valence electrons. The maximum atomic E-state index is 13.4. The van der Waals surface area contributed by atoms with Crippen molar-refractivity contribution in [1.29, 1.82) is 0 Å². The molecule has 1 amide bonds. The van der Waals surface area contributed by atoms with Gasteiger partial charge in [-0.1, -0.05) is 30.3 Å². The lowest BCUT2D eigenvalue weighted by Gasteiger charge is -2.24. The summed E-state index contributed by atoms with van der Waals surface area (Å²) in [5.74, 6) is 1.40. The molecule has 30 heavy (non-hydrogen) atoms. The largest absolute Gasteiger partial charge is 0.496 e. The minimum absolute atomic E-state index is 0.0374. The van der Waals surface area contributed by atoms with Gasteiger partial charge in [-0.3, -0.25) is 14.5 Å². The molecule has 4 rings (SSSR count). The minimum Gasteiger partial charge on any atom is -0.496 e. The molecule has 1 aromatic carbocycles. The van der Waals surface area contributed by atoms with E-state index in [1.54, 1.807) is 34.4 Å². The Morgan fingerprint density at radius 2 is 1.93 bits per heavy atom. The molecule has 0 atom stereocenters. The van der Waals surface area contributed by atoms with Gasteiger partial charge < -0.3 is 9.64 Å². The quantitative estimate of drug-likeness (QED) is 0.380. The Bertz CT molecular complexity index is 1160. The third-order valence-corrected chi connectivity index (χ3v) is 6.67. The summed E-state index contributed by atoms with van der Waals surface area (Å²) in [6.45, 7) is 1.08. The average molecular weight is 457 g/mol. The van der Waals surface area contributed by atoms with Gasteiger partial charge in [0.25, 0.3) is 0 Å². The molecule has 0 saturated heterocycles. The number of amides is 1. The molecule has 0 bridgehead atoms. The number of nitrogens with zero attached hydrogens (tertiary/aromatic N) is 3. The highest BCUT2D eigenvalue weighted by Gasteiger charge is 2.20. The van der Waals surface area contributed by atoms with Crippen LogP contribution in [0, 0.1) is 4.77 Å². The van der Waals surface area contributed by atoms with Crippen molar-refractivity contribution < 1.29 is 9.53 Å². The molecule has 9 heteroatoms. The Kier molecular flexibility index (Phi) is 6.41. The molecule has 0 radical (unpaired) electrons. The second-order valence-electron chi connectivity index (χ2n) is 6.56. The fraction of sp³-hybridized carbons (Fsp3) is 0.190. The first-order valence-corrected chi connectivity index (χ1v) is 11.4. The van der Waals surface area contributed by atoms with Crippen molar-refractivity contribution in [3.63, 3.8) is 0 Å². The van der Waals surface area contributed by atoms with E-state index in [9.17, 15) is 4.79 Å². The van der Waals surface area contributed by atoms with Gasteiger partial charge in [0.15, 0.2) is 10.6 Å². The molecule has 0 fully saturated rings. The van der Waals surface area contributed by atoms with E-state index in [1.807, 2.05) is 64.2 Å². The number of H-pyrrole nitrogens is 1. The molecule has 0 aliphatic heterocycles. The number of benzene rings is 1. The van der Waals surface area contributed by atoms with E-state index < -0.39 is 0 Å². The van der Waals surface area contributed by atoms with E-state index in [0.717, 1.165) is 21.1 Å². The third kappa shape index (κ3) is 4.53. The number of hydrogen-bond donors (Lipinski definition) is 1. The molecule has 6 nitrogen and oxygen atoms in total. The molecule has 3 heterocycles. The first-order valence-electron chi connectivity index (χ1n) is 9.27. The van der Waals surface area contributed by atoms with Gasteiger partial charge >= 0.3 is 0 Å². The van der Waals surface area contributed by atoms with Gasteiger partial charge in [0, 0.05) is 17.0 Å². The van der Waals surface area contributed by atoms with Crippen LogP contribution in [0.1, 0.15) is 10.4 Å². The summed E-state index contributed by atoms with van der Waals surface area (Å²) in [5, 5.41) is 11.1. The summed E-state index contributed by atoms with van der Waals surface area (Å²) in [7, 11) is 1.64. The number of carbonyl (C=O) groups is 1. The summed E-state index contributed by atoms with van der Waals surface area (Å²) in [5.41, 5.74) is 0.958. The lowest BCUT2D eigenvalue weighted by Crippen LogP contribution is -2.33. The van der Waals surface area contributed by atoms with Crippen molar-refractivity contribution in [2.75, 3.05) is 7.11 Å². The Balaban J connectivity index is 1.62. The van der Waals surface area contributed by atoms with Crippen molar-refractivity contribution in [2.24, 2.45) is 0 Å². The zero-order valence-corrected chi connectivity index (χ0v) is 18.7. The van der Waals surface area contributed by atoms with Crippen LogP contribution in [0.3, 0.4) is 0 Å². The van der Waals surface area contributed by atoms with Crippen LogP contribution in [0.15, 0.2) is 59.3 Å². The number of para-hydroxylation sites is 1. The van der Waals surface area contributed by atoms with Gasteiger partial charge in [-0.15, -0.1) is 22.7 Å². The van der Waals surface area contributed by atoms with Gasteiger partial charge in [-0.05, 0) is 41.2 Å². The van der Waals surface area contributed by atoms with Crippen LogP contribution in [-0.4, -0.2) is 32.7 Å². The highest BCUT2D eigenvalue weighted by molar-refractivity contribution is 7.71. The monoisotopic (exact) mass is 456 g/mol. The number of thiophene rings is 2. The second kappa shape index (κ2) is 9.38. The Morgan fingerprint density at radius 3 is 2.67 bits per heavy atom. The molecule has 1 N–H and O–H groups in total. The summed E-state index contributed by atoms with van der Waals surface area (Å²) in [4.78, 5) is 17.3. The Hall–Kier alpha value is -2.75. The Morgan fingerprint density at radius 1 is 1.13 bits per heavy atom. The van der Waals surface area contributed by atoms with Crippen LogP contribution in [0.5, 0.6) is 5.75 Å². The highest BCUT2D eigenvalue weighted by atomic mass is 32.1. The van der Waals surface area contributed by atoms with Crippen LogP contribution in [0.4, 0.5) is 0 Å². The van der Waals surface area contributed by atoms with Crippen LogP contribution in [0.2, 0.25) is 0 Å². The standard InChI is InChI=1S/C21H20N4O2S3/c1-27-17-8-3-2-6-15(17)12-24(13-16-7-4-10-29-16)19(26)14-25-20(22-23-21(25)28)18-9-5-11-30-18/h2-11H,12-14H2,1H3,(H,23,28). The number of nitrogens with one attached hydrogen (secondary N) is 1. The number of aromatic amines is 1. The molecule has 0 aliphatic carbocycles. The van der Waals surface area contributed by atoms with Crippen molar-refractivity contribution in [1.82, 2.24) is 19.7 Å². The zero-order valence-electron chi connectivity index (χ0n) is 16.3. The lowest BCUT2D eigenvalue weighted by atomic mass is 10.2. The van der Waals surface area contributed by atoms with Crippen LogP contribution >= 0.6 is 34.9 Å². The predicted octanol–water partition coefficient (Wildman–Crippen LogP) is 4.97. The first-order chi connectivity index (χ1) is 14.7. The van der Waals surface area contributed by atoms with Crippen molar-refractivity contribution in [2.45, 2.75) is 19.6 Å². The summed E-state index contributed by atoms with van der Waals surface area (Å²) < 4.78 is 7.67. The van der Waals surface area contributed by atoms with Crippen LogP contribution < -0.4 is 4.74 Å². The molecule has 4 aromatic rings. The van der Waals surface area contributed by atoms with Crippen LogP contribution in [0.25, 0.3) is 10.7 Å². The molecular weight excluding hydrogens is 436 g/mol. The summed E-state index contributed by atoms with van der Waals surface area (Å²) >= 11 is 8.59. The first kappa shape index (κ1) is 20.5. The number of methoxy groups -OCH3 is 1. The van der Waals surface area contributed by atoms with Gasteiger partial charge in [-0.2, -0.15) is 5.10 Å². The van der Waals surface area contributed by atoms with E-state index >= 15 is 0 Å². The molecule has 0 aliphatic rings. The smallest absolute Gasteiger partial charge is 0.243 e.